The van der Waals surface area contributed by atoms with Crippen LogP contribution in [-0.4, -0.2) is 34.9 Å². The Hall–Kier alpha value is -3.00. The molecule has 0 aliphatic heterocycles. The minimum atomic E-state index is -0.428. The number of halogens is 1. The number of methoxy groups -OCH3 is 2. The van der Waals surface area contributed by atoms with Gasteiger partial charge in [0.15, 0.2) is 16.7 Å². The lowest BCUT2D eigenvalue weighted by molar-refractivity contribution is -0.115. The largest absolute Gasteiger partial charge is 0.493 e. The zero-order valence-electron chi connectivity index (χ0n) is 15.7. The summed E-state index contributed by atoms with van der Waals surface area (Å²) in [6.45, 7) is 1.78. The summed E-state index contributed by atoms with van der Waals surface area (Å²) in [5, 5.41) is 3.03. The third kappa shape index (κ3) is 4.45. The smallest absolute Gasteiger partial charge is 0.237 e. The van der Waals surface area contributed by atoms with Crippen LogP contribution in [0, 0.1) is 5.82 Å². The number of thioether (sulfide) groups is 1. The van der Waals surface area contributed by atoms with E-state index >= 15 is 0 Å². The number of nitrogens with one attached hydrogen (secondary N) is 1. The second kappa shape index (κ2) is 8.79. The number of ether oxygens (including phenoxy) is 2. The van der Waals surface area contributed by atoms with Gasteiger partial charge < -0.3 is 14.8 Å². The lowest BCUT2D eigenvalue weighted by Gasteiger charge is -2.14. The number of rotatable bonds is 7. The average molecular weight is 401 g/mol. The summed E-state index contributed by atoms with van der Waals surface area (Å²) in [6, 6.07) is 11.4. The second-order valence-corrected chi connectivity index (χ2v) is 7.19. The lowest BCUT2D eigenvalue weighted by Crippen LogP contribution is -2.22. The van der Waals surface area contributed by atoms with Crippen molar-refractivity contribution < 1.29 is 18.7 Å². The minimum absolute atomic E-state index is 0.189. The summed E-state index contributed by atoms with van der Waals surface area (Å²) in [5.41, 5.74) is 1.25. The molecule has 0 saturated heterocycles. The van der Waals surface area contributed by atoms with Crippen molar-refractivity contribution in [3.8, 4) is 17.2 Å². The minimum Gasteiger partial charge on any atom is -0.493 e. The number of carbonyl (C=O) groups excluding carboxylic acids is 1. The molecule has 146 valence electrons. The molecule has 0 bridgehead atoms. The standard InChI is InChI=1S/C20H20FN3O3S/c1-13(19(25)23-15-7-8-17(26-2)18(12-15)27-3)28-20-22-9-10-24(20)16-6-4-5-14(21)11-16/h4-13H,1-3H3,(H,23,25)/t13-/m0/s1. The van der Waals surface area contributed by atoms with Crippen molar-refractivity contribution in [3.05, 3.63) is 60.7 Å². The highest BCUT2D eigenvalue weighted by Gasteiger charge is 2.19. The van der Waals surface area contributed by atoms with Gasteiger partial charge >= 0.3 is 0 Å². The number of carbonyl (C=O) groups is 1. The normalized spacial score (nSPS) is 11.7. The maximum absolute atomic E-state index is 13.5. The van der Waals surface area contributed by atoms with Crippen LogP contribution >= 0.6 is 11.8 Å². The van der Waals surface area contributed by atoms with E-state index in [0.717, 1.165) is 0 Å². The van der Waals surface area contributed by atoms with Crippen molar-refractivity contribution in [2.75, 3.05) is 19.5 Å². The van der Waals surface area contributed by atoms with Crippen molar-refractivity contribution in [1.82, 2.24) is 9.55 Å². The van der Waals surface area contributed by atoms with Gasteiger partial charge in [0.1, 0.15) is 5.82 Å². The zero-order valence-corrected chi connectivity index (χ0v) is 16.5. The quantitative estimate of drug-likeness (QED) is 0.603. The number of nitrogens with zero attached hydrogens (tertiary/aromatic N) is 2. The Morgan fingerprint density at radius 1 is 1.18 bits per heavy atom. The number of anilines is 1. The SMILES string of the molecule is COc1ccc(NC(=O)[C@H](C)Sc2nccn2-c2cccc(F)c2)cc1OC. The first-order valence-corrected chi connectivity index (χ1v) is 9.38. The Labute approximate surface area is 166 Å². The first kappa shape index (κ1) is 19.8. The van der Waals surface area contributed by atoms with Gasteiger partial charge in [-0.1, -0.05) is 17.8 Å². The van der Waals surface area contributed by atoms with Crippen molar-refractivity contribution in [1.29, 1.82) is 0 Å². The van der Waals surface area contributed by atoms with Gasteiger partial charge in [-0.25, -0.2) is 9.37 Å². The van der Waals surface area contributed by atoms with Gasteiger partial charge in [-0.2, -0.15) is 0 Å². The molecule has 1 atom stereocenters. The first-order chi connectivity index (χ1) is 13.5. The molecule has 0 fully saturated rings. The van der Waals surface area contributed by atoms with E-state index in [-0.39, 0.29) is 11.7 Å². The fourth-order valence-electron chi connectivity index (χ4n) is 2.57. The van der Waals surface area contributed by atoms with Crippen LogP contribution in [-0.2, 0) is 4.79 Å². The van der Waals surface area contributed by atoms with Crippen molar-refractivity contribution in [3.63, 3.8) is 0 Å². The van der Waals surface area contributed by atoms with Crippen LogP contribution in [0.4, 0.5) is 10.1 Å². The fourth-order valence-corrected chi connectivity index (χ4v) is 3.45. The Morgan fingerprint density at radius 3 is 2.68 bits per heavy atom. The molecular formula is C20H20FN3O3S. The van der Waals surface area contributed by atoms with E-state index < -0.39 is 5.25 Å². The van der Waals surface area contributed by atoms with Gasteiger partial charge in [0, 0.05) is 24.1 Å². The predicted octanol–water partition coefficient (Wildman–Crippen LogP) is 4.15. The molecule has 28 heavy (non-hydrogen) atoms. The van der Waals surface area contributed by atoms with E-state index in [9.17, 15) is 9.18 Å². The Bertz CT molecular complexity index is 977. The van der Waals surface area contributed by atoms with Crippen LogP contribution in [0.15, 0.2) is 60.0 Å². The molecule has 0 spiro atoms. The van der Waals surface area contributed by atoms with E-state index in [2.05, 4.69) is 10.3 Å². The molecule has 0 unspecified atom stereocenters. The van der Waals surface area contributed by atoms with E-state index in [1.165, 1.54) is 31.0 Å². The number of amides is 1. The molecule has 0 aliphatic rings. The Kier molecular flexibility index (Phi) is 6.20. The molecule has 6 nitrogen and oxygen atoms in total. The predicted molar refractivity (Wildman–Crippen MR) is 107 cm³/mol. The van der Waals surface area contributed by atoms with Gasteiger partial charge in [0.2, 0.25) is 5.91 Å². The van der Waals surface area contributed by atoms with Gasteiger partial charge in [-0.05, 0) is 37.3 Å². The monoisotopic (exact) mass is 401 g/mol. The molecule has 3 aromatic rings. The summed E-state index contributed by atoms with van der Waals surface area (Å²) in [5.74, 6) is 0.592. The Morgan fingerprint density at radius 2 is 1.96 bits per heavy atom. The van der Waals surface area contributed by atoms with Crippen molar-refractivity contribution in [2.45, 2.75) is 17.3 Å². The van der Waals surface area contributed by atoms with Crippen LogP contribution in [0.25, 0.3) is 5.69 Å². The van der Waals surface area contributed by atoms with E-state index in [1.807, 2.05) is 0 Å². The molecule has 3 rings (SSSR count). The van der Waals surface area contributed by atoms with Gasteiger partial charge in [-0.3, -0.25) is 9.36 Å². The van der Waals surface area contributed by atoms with E-state index in [4.69, 9.17) is 9.47 Å². The summed E-state index contributed by atoms with van der Waals surface area (Å²) in [4.78, 5) is 16.9. The number of hydrogen-bond donors (Lipinski definition) is 1. The highest BCUT2D eigenvalue weighted by molar-refractivity contribution is 8.00. The molecule has 1 amide bonds. The molecule has 0 radical (unpaired) electrons. The molecule has 0 saturated carbocycles. The van der Waals surface area contributed by atoms with Crippen LogP contribution in [0.2, 0.25) is 0 Å². The molecule has 8 heteroatoms. The molecule has 1 aromatic heterocycles. The van der Waals surface area contributed by atoms with E-state index in [1.54, 1.807) is 61.3 Å². The number of benzene rings is 2. The summed E-state index contributed by atoms with van der Waals surface area (Å²) in [7, 11) is 3.09. The highest BCUT2D eigenvalue weighted by atomic mass is 32.2. The average Bonchev–Trinajstić information content (AvgIpc) is 3.15. The third-order valence-electron chi connectivity index (χ3n) is 4.00. The number of aromatic nitrogens is 2. The topological polar surface area (TPSA) is 65.4 Å². The summed E-state index contributed by atoms with van der Waals surface area (Å²) >= 11 is 1.28. The second-order valence-electron chi connectivity index (χ2n) is 5.88. The molecule has 1 N–H and O–H groups in total. The number of hydrogen-bond acceptors (Lipinski definition) is 5. The molecule has 0 aliphatic carbocycles. The van der Waals surface area contributed by atoms with Crippen LogP contribution in [0.1, 0.15) is 6.92 Å². The Balaban J connectivity index is 1.71. The van der Waals surface area contributed by atoms with Gasteiger partial charge in [0.05, 0.1) is 25.2 Å². The van der Waals surface area contributed by atoms with E-state index in [0.29, 0.717) is 28.0 Å². The van der Waals surface area contributed by atoms with Crippen molar-refractivity contribution in [2.24, 2.45) is 0 Å². The lowest BCUT2D eigenvalue weighted by atomic mass is 10.2. The first-order valence-electron chi connectivity index (χ1n) is 8.50. The van der Waals surface area contributed by atoms with Crippen molar-refractivity contribution >= 4 is 23.4 Å². The molecule has 1 heterocycles. The third-order valence-corrected chi connectivity index (χ3v) is 5.08. The summed E-state index contributed by atoms with van der Waals surface area (Å²) in [6.07, 6.45) is 3.35. The van der Waals surface area contributed by atoms with Crippen LogP contribution < -0.4 is 14.8 Å². The molecular weight excluding hydrogens is 381 g/mol. The fraction of sp³-hybridized carbons (Fsp3) is 0.200. The molecule has 2 aromatic carbocycles. The number of imidazole rings is 1. The van der Waals surface area contributed by atoms with Crippen LogP contribution in [0.5, 0.6) is 11.5 Å². The maximum atomic E-state index is 13.5. The zero-order chi connectivity index (χ0) is 20.1. The van der Waals surface area contributed by atoms with Gasteiger partial charge in [-0.15, -0.1) is 0 Å². The van der Waals surface area contributed by atoms with Crippen LogP contribution in [0.3, 0.4) is 0 Å². The summed E-state index contributed by atoms with van der Waals surface area (Å²) < 4.78 is 25.7. The maximum Gasteiger partial charge on any atom is 0.237 e. The van der Waals surface area contributed by atoms with Gasteiger partial charge in [0.25, 0.3) is 0 Å². The highest BCUT2D eigenvalue weighted by Crippen LogP contribution is 2.31.